The number of piperidine rings is 1. The zero-order chi connectivity index (χ0) is 26.2. The molecule has 0 saturated carbocycles. The van der Waals surface area contributed by atoms with E-state index in [1.807, 2.05) is 6.92 Å². The SMILES string of the molecule is CCc1nc(-c2cnc(N3CCC(CCCOc4ccc(C(=O)NC[C@@H](C)O)c(F)c4)CC3)nc2)no1. The van der Waals surface area contributed by atoms with Gasteiger partial charge in [0, 0.05) is 44.5 Å². The second kappa shape index (κ2) is 12.6. The van der Waals surface area contributed by atoms with Gasteiger partial charge in [0.1, 0.15) is 11.6 Å². The third kappa shape index (κ3) is 7.22. The van der Waals surface area contributed by atoms with Crippen LogP contribution >= 0.6 is 0 Å². The topological polar surface area (TPSA) is 126 Å². The molecule has 0 radical (unpaired) electrons. The second-order valence-corrected chi connectivity index (χ2v) is 9.26. The van der Waals surface area contributed by atoms with Crippen LogP contribution in [0.25, 0.3) is 11.4 Å². The molecule has 11 heteroatoms. The number of hydrogen-bond donors (Lipinski definition) is 2. The van der Waals surface area contributed by atoms with Crippen LogP contribution in [0.1, 0.15) is 55.8 Å². The summed E-state index contributed by atoms with van der Waals surface area (Å²) in [6.07, 6.45) is 7.42. The maximum absolute atomic E-state index is 14.3. The van der Waals surface area contributed by atoms with Crippen LogP contribution in [0.5, 0.6) is 5.75 Å². The van der Waals surface area contributed by atoms with Gasteiger partial charge in [-0.05, 0) is 50.7 Å². The Balaban J connectivity index is 1.17. The Morgan fingerprint density at radius 2 is 2.05 bits per heavy atom. The fraction of sp³-hybridized carbons (Fsp3) is 0.500. The summed E-state index contributed by atoms with van der Waals surface area (Å²) in [6.45, 7) is 5.82. The van der Waals surface area contributed by atoms with Crippen LogP contribution in [0.3, 0.4) is 0 Å². The fourth-order valence-electron chi connectivity index (χ4n) is 4.20. The zero-order valence-electron chi connectivity index (χ0n) is 21.2. The molecule has 4 rings (SSSR count). The van der Waals surface area contributed by atoms with Gasteiger partial charge in [0.05, 0.1) is 23.8 Å². The van der Waals surface area contributed by atoms with Crippen LogP contribution in [-0.4, -0.2) is 63.5 Å². The van der Waals surface area contributed by atoms with Gasteiger partial charge in [-0.25, -0.2) is 14.4 Å². The molecule has 1 saturated heterocycles. The molecule has 1 aliphatic rings. The molecule has 0 bridgehead atoms. The molecule has 1 aliphatic heterocycles. The van der Waals surface area contributed by atoms with Gasteiger partial charge in [0.15, 0.2) is 0 Å². The Hall–Kier alpha value is -3.60. The quantitative estimate of drug-likeness (QED) is 0.372. The molecular weight excluding hydrogens is 479 g/mol. The highest BCUT2D eigenvalue weighted by Gasteiger charge is 2.21. The number of carbonyl (C=O) groups excluding carboxylic acids is 1. The summed E-state index contributed by atoms with van der Waals surface area (Å²) in [5.41, 5.74) is 0.662. The monoisotopic (exact) mass is 512 g/mol. The highest BCUT2D eigenvalue weighted by molar-refractivity contribution is 5.94. The average Bonchev–Trinajstić information content (AvgIpc) is 3.40. The lowest BCUT2D eigenvalue weighted by molar-refractivity contribution is 0.0920. The van der Waals surface area contributed by atoms with E-state index >= 15 is 0 Å². The van der Waals surface area contributed by atoms with E-state index in [-0.39, 0.29) is 12.1 Å². The highest BCUT2D eigenvalue weighted by Crippen LogP contribution is 2.25. The first kappa shape index (κ1) is 26.5. The molecule has 1 aromatic carbocycles. The van der Waals surface area contributed by atoms with Crippen molar-refractivity contribution in [1.29, 1.82) is 0 Å². The van der Waals surface area contributed by atoms with E-state index in [2.05, 4.69) is 30.3 Å². The van der Waals surface area contributed by atoms with Crippen molar-refractivity contribution in [3.8, 4) is 17.1 Å². The van der Waals surface area contributed by atoms with E-state index in [9.17, 15) is 14.3 Å². The average molecular weight is 513 g/mol. The minimum absolute atomic E-state index is 0.0656. The molecule has 0 aliphatic carbocycles. The number of amides is 1. The van der Waals surface area contributed by atoms with Gasteiger partial charge in [-0.3, -0.25) is 4.79 Å². The van der Waals surface area contributed by atoms with Crippen molar-refractivity contribution in [2.24, 2.45) is 5.92 Å². The van der Waals surface area contributed by atoms with E-state index < -0.39 is 17.8 Å². The third-order valence-electron chi connectivity index (χ3n) is 6.33. The molecule has 198 valence electrons. The van der Waals surface area contributed by atoms with Crippen molar-refractivity contribution in [3.05, 3.63) is 47.9 Å². The summed E-state index contributed by atoms with van der Waals surface area (Å²) in [6, 6.07) is 4.21. The maximum Gasteiger partial charge on any atom is 0.254 e. The predicted octanol–water partition coefficient (Wildman–Crippen LogP) is 3.41. The van der Waals surface area contributed by atoms with Gasteiger partial charge in [-0.1, -0.05) is 12.1 Å². The summed E-state index contributed by atoms with van der Waals surface area (Å²) < 4.78 is 25.1. The first-order valence-electron chi connectivity index (χ1n) is 12.7. The fourth-order valence-corrected chi connectivity index (χ4v) is 4.20. The minimum Gasteiger partial charge on any atom is -0.493 e. The molecule has 1 amide bonds. The van der Waals surface area contributed by atoms with Crippen LogP contribution in [-0.2, 0) is 6.42 Å². The number of ether oxygens (including phenoxy) is 1. The number of aryl methyl sites for hydroxylation is 1. The van der Waals surface area contributed by atoms with Crippen molar-refractivity contribution < 1.29 is 23.6 Å². The number of nitrogens with one attached hydrogen (secondary N) is 1. The summed E-state index contributed by atoms with van der Waals surface area (Å²) in [7, 11) is 0. The number of rotatable bonds is 11. The second-order valence-electron chi connectivity index (χ2n) is 9.26. The van der Waals surface area contributed by atoms with E-state index in [0.717, 1.165) is 44.3 Å². The molecular formula is C26H33FN6O4. The largest absolute Gasteiger partial charge is 0.493 e. The van der Waals surface area contributed by atoms with Gasteiger partial charge in [-0.15, -0.1) is 0 Å². The molecule has 3 aromatic rings. The minimum atomic E-state index is -0.695. The number of aliphatic hydroxyl groups excluding tert-OH is 1. The molecule has 37 heavy (non-hydrogen) atoms. The number of nitrogens with zero attached hydrogens (tertiary/aromatic N) is 5. The molecule has 2 N–H and O–H groups in total. The molecule has 0 spiro atoms. The van der Waals surface area contributed by atoms with Crippen LogP contribution in [0.2, 0.25) is 0 Å². The molecule has 2 aromatic heterocycles. The van der Waals surface area contributed by atoms with E-state index in [0.29, 0.717) is 42.4 Å². The number of aliphatic hydroxyl groups is 1. The number of anilines is 1. The lowest BCUT2D eigenvalue weighted by Crippen LogP contribution is -2.34. The first-order chi connectivity index (χ1) is 17.9. The molecule has 1 atom stereocenters. The Morgan fingerprint density at radius 3 is 2.70 bits per heavy atom. The van der Waals surface area contributed by atoms with E-state index in [1.54, 1.807) is 25.4 Å². The lowest BCUT2D eigenvalue weighted by atomic mass is 9.92. The Kier molecular flexibility index (Phi) is 8.99. The normalized spacial score (nSPS) is 15.0. The Labute approximate surface area is 215 Å². The van der Waals surface area contributed by atoms with E-state index in [4.69, 9.17) is 9.26 Å². The van der Waals surface area contributed by atoms with Gasteiger partial charge in [-0.2, -0.15) is 4.98 Å². The van der Waals surface area contributed by atoms with Crippen LogP contribution < -0.4 is 15.0 Å². The van der Waals surface area contributed by atoms with E-state index in [1.165, 1.54) is 12.1 Å². The van der Waals surface area contributed by atoms with Crippen molar-refractivity contribution >= 4 is 11.9 Å². The Morgan fingerprint density at radius 1 is 1.30 bits per heavy atom. The third-order valence-corrected chi connectivity index (χ3v) is 6.33. The van der Waals surface area contributed by atoms with Gasteiger partial charge >= 0.3 is 0 Å². The van der Waals surface area contributed by atoms with Crippen molar-refractivity contribution in [2.45, 2.75) is 52.1 Å². The lowest BCUT2D eigenvalue weighted by Gasteiger charge is -2.32. The van der Waals surface area contributed by atoms with Crippen LogP contribution in [0.15, 0.2) is 35.1 Å². The van der Waals surface area contributed by atoms with Gasteiger partial charge < -0.3 is 24.6 Å². The standard InChI is InChI=1S/C26H33FN6O4/c1-3-23-31-24(32-37-23)19-15-29-26(30-16-19)33-10-8-18(9-11-33)5-4-12-36-20-6-7-21(22(27)13-20)25(35)28-14-17(2)34/h6-7,13,15-18,34H,3-5,8-12,14H2,1-2H3,(H,28,35)/t17-/m1/s1. The van der Waals surface area contributed by atoms with Crippen molar-refractivity contribution in [3.63, 3.8) is 0 Å². The molecule has 0 unspecified atom stereocenters. The van der Waals surface area contributed by atoms with Crippen LogP contribution in [0, 0.1) is 11.7 Å². The number of hydrogen-bond acceptors (Lipinski definition) is 9. The number of benzene rings is 1. The van der Waals surface area contributed by atoms with Gasteiger partial charge in [0.25, 0.3) is 5.91 Å². The molecule has 10 nitrogen and oxygen atoms in total. The van der Waals surface area contributed by atoms with Crippen LogP contribution in [0.4, 0.5) is 10.3 Å². The smallest absolute Gasteiger partial charge is 0.254 e. The zero-order valence-corrected chi connectivity index (χ0v) is 21.2. The first-order valence-corrected chi connectivity index (χ1v) is 12.7. The maximum atomic E-state index is 14.3. The predicted molar refractivity (Wildman–Crippen MR) is 135 cm³/mol. The number of aromatic nitrogens is 4. The summed E-state index contributed by atoms with van der Waals surface area (Å²) in [5.74, 6) is 1.57. The Bertz CT molecular complexity index is 1160. The van der Waals surface area contributed by atoms with Crippen molar-refractivity contribution in [1.82, 2.24) is 25.4 Å². The van der Waals surface area contributed by atoms with Crippen molar-refractivity contribution in [2.75, 3.05) is 31.1 Å². The summed E-state index contributed by atoms with van der Waals surface area (Å²) in [5, 5.41) is 15.7. The summed E-state index contributed by atoms with van der Waals surface area (Å²) in [4.78, 5) is 27.5. The molecule has 1 fully saturated rings. The molecule has 3 heterocycles. The number of halogens is 1. The number of carbonyl (C=O) groups is 1. The summed E-state index contributed by atoms with van der Waals surface area (Å²) >= 11 is 0. The highest BCUT2D eigenvalue weighted by atomic mass is 19.1. The van der Waals surface area contributed by atoms with Gasteiger partial charge in [0.2, 0.25) is 17.7 Å².